The van der Waals surface area contributed by atoms with E-state index >= 15 is 0 Å². The first kappa shape index (κ1) is 11.9. The van der Waals surface area contributed by atoms with E-state index in [0.717, 1.165) is 6.42 Å². The maximum absolute atomic E-state index is 11.0. The smallest absolute Gasteiger partial charge is 0.369 e. The molecule has 1 aliphatic heterocycles. The van der Waals surface area contributed by atoms with Crippen molar-refractivity contribution in [2.24, 2.45) is 0 Å². The van der Waals surface area contributed by atoms with Crippen LogP contribution in [0.15, 0.2) is 12.0 Å². The second-order valence-electron chi connectivity index (χ2n) is 2.76. The van der Waals surface area contributed by atoms with E-state index in [0.29, 0.717) is 18.7 Å². The molecule has 1 aliphatic rings. The van der Waals surface area contributed by atoms with Crippen molar-refractivity contribution in [3.05, 3.63) is 12.0 Å². The summed E-state index contributed by atoms with van der Waals surface area (Å²) in [5.74, 6) is 0.466. The zero-order valence-corrected chi connectivity index (χ0v) is 10.5. The van der Waals surface area contributed by atoms with Gasteiger partial charge in [-0.3, -0.25) is 4.79 Å². The van der Waals surface area contributed by atoms with E-state index in [2.05, 4.69) is 2.51 Å². The third-order valence-electron chi connectivity index (χ3n) is 1.75. The van der Waals surface area contributed by atoms with Gasteiger partial charge >= 0.3 is 11.4 Å². The molecule has 1 unspecified atom stereocenters. The van der Waals surface area contributed by atoms with Gasteiger partial charge in [0.25, 0.3) is 0 Å². The number of allylic oxidation sites excluding steroid dienone is 1. The van der Waals surface area contributed by atoms with Crippen LogP contribution in [0.1, 0.15) is 19.8 Å². The zero-order chi connectivity index (χ0) is 10.6. The first-order valence-corrected chi connectivity index (χ1v) is 5.88. The maximum Gasteiger partial charge on any atom is 0.369 e. The molecule has 0 aromatic heterocycles. The molecular formula is C7H10INO4S. The molecule has 7 heteroatoms. The Hall–Kier alpha value is -0.150. The van der Waals surface area contributed by atoms with E-state index in [1.54, 1.807) is 6.20 Å². The molecule has 0 aliphatic carbocycles. The standard InChI is InChI=1S/C7H10INO4S/c1-6(10)9-4-2-3-7(5-9)12-14(11)13-8/h5H,2-4H2,1H3. The van der Waals surface area contributed by atoms with Crippen LogP contribution in [0, 0.1) is 0 Å². The molecule has 0 saturated heterocycles. The summed E-state index contributed by atoms with van der Waals surface area (Å²) in [4.78, 5) is 12.5. The largest absolute Gasteiger partial charge is 0.382 e. The average Bonchev–Trinajstić information content (AvgIpc) is 2.18. The molecule has 0 bridgehead atoms. The van der Waals surface area contributed by atoms with E-state index in [4.69, 9.17) is 4.18 Å². The highest BCUT2D eigenvalue weighted by Gasteiger charge is 2.16. The van der Waals surface area contributed by atoms with Crippen LogP contribution in [-0.4, -0.2) is 21.6 Å². The van der Waals surface area contributed by atoms with Gasteiger partial charge in [0.05, 0.1) is 0 Å². The van der Waals surface area contributed by atoms with Crippen LogP contribution in [0.25, 0.3) is 0 Å². The fraction of sp³-hybridized carbons (Fsp3) is 0.571. The molecule has 0 fully saturated rings. The number of amides is 1. The Labute approximate surface area is 99.0 Å². The van der Waals surface area contributed by atoms with Gasteiger partial charge in [0, 0.05) is 26.1 Å². The van der Waals surface area contributed by atoms with Crippen LogP contribution in [0.3, 0.4) is 0 Å². The van der Waals surface area contributed by atoms with Crippen molar-refractivity contribution in [2.75, 3.05) is 6.54 Å². The summed E-state index contributed by atoms with van der Waals surface area (Å²) in [6.07, 6.45) is 3.05. The number of hydrogen-bond donors (Lipinski definition) is 0. The van der Waals surface area contributed by atoms with E-state index < -0.39 is 11.4 Å². The minimum absolute atomic E-state index is 0.0491. The number of rotatable bonds is 3. The Balaban J connectivity index is 2.60. The minimum Gasteiger partial charge on any atom is -0.382 e. The van der Waals surface area contributed by atoms with E-state index in [-0.39, 0.29) is 5.91 Å². The topological polar surface area (TPSA) is 55.8 Å². The lowest BCUT2D eigenvalue weighted by molar-refractivity contribution is -0.126. The molecule has 5 nitrogen and oxygen atoms in total. The predicted octanol–water partition coefficient (Wildman–Crippen LogP) is 1.43. The van der Waals surface area contributed by atoms with Crippen LogP contribution in [0.5, 0.6) is 0 Å². The summed E-state index contributed by atoms with van der Waals surface area (Å²) < 4.78 is 20.2. The Kier molecular flexibility index (Phi) is 4.82. The number of carbonyl (C=O) groups is 1. The van der Waals surface area contributed by atoms with E-state index in [9.17, 15) is 9.00 Å². The molecule has 0 saturated carbocycles. The second-order valence-corrected chi connectivity index (χ2v) is 4.54. The van der Waals surface area contributed by atoms with Crippen molar-refractivity contribution in [3.8, 4) is 0 Å². The van der Waals surface area contributed by atoms with Crippen molar-refractivity contribution in [3.63, 3.8) is 0 Å². The van der Waals surface area contributed by atoms with Crippen LogP contribution >= 0.6 is 23.0 Å². The lowest BCUT2D eigenvalue weighted by Gasteiger charge is -2.22. The molecule has 1 atom stereocenters. The van der Waals surface area contributed by atoms with Crippen molar-refractivity contribution < 1.29 is 15.7 Å². The number of nitrogens with zero attached hydrogens (tertiary/aromatic N) is 1. The van der Waals surface area contributed by atoms with Gasteiger partial charge in [-0.1, -0.05) is 0 Å². The summed E-state index contributed by atoms with van der Waals surface area (Å²) in [7, 11) is 0. The first-order valence-electron chi connectivity index (χ1n) is 4.00. The third-order valence-corrected chi connectivity index (χ3v) is 3.09. The van der Waals surface area contributed by atoms with Crippen molar-refractivity contribution in [1.29, 1.82) is 0 Å². The molecular weight excluding hydrogens is 321 g/mol. The molecule has 0 N–H and O–H groups in total. The van der Waals surface area contributed by atoms with Gasteiger partial charge in [0.1, 0.15) is 28.8 Å². The Morgan fingerprint density at radius 2 is 2.43 bits per heavy atom. The summed E-state index contributed by atoms with van der Waals surface area (Å²) >= 11 is -0.277. The first-order chi connectivity index (χ1) is 6.63. The molecule has 1 rings (SSSR count). The average molecular weight is 331 g/mol. The second kappa shape index (κ2) is 5.66. The molecule has 1 amide bonds. The molecule has 14 heavy (non-hydrogen) atoms. The molecule has 0 aromatic rings. The SMILES string of the molecule is CC(=O)N1C=C(OS(=O)OI)CCC1. The van der Waals surface area contributed by atoms with Crippen LogP contribution in [0.2, 0.25) is 0 Å². The van der Waals surface area contributed by atoms with Gasteiger partial charge in [-0.15, -0.1) is 0 Å². The normalized spacial score (nSPS) is 18.7. The molecule has 1 heterocycles. The summed E-state index contributed by atoms with van der Waals surface area (Å²) in [6, 6.07) is 0. The number of hydrogen-bond acceptors (Lipinski definition) is 4. The van der Waals surface area contributed by atoms with Crippen LogP contribution in [0.4, 0.5) is 0 Å². The zero-order valence-electron chi connectivity index (χ0n) is 7.57. The third kappa shape index (κ3) is 3.54. The summed E-state index contributed by atoms with van der Waals surface area (Å²) in [5, 5.41) is 0. The lowest BCUT2D eigenvalue weighted by atomic mass is 10.2. The Morgan fingerprint density at radius 3 is 3.00 bits per heavy atom. The van der Waals surface area contributed by atoms with E-state index in [1.807, 2.05) is 0 Å². The maximum atomic E-state index is 11.0. The van der Waals surface area contributed by atoms with Crippen molar-refractivity contribution >= 4 is 40.3 Å². The van der Waals surface area contributed by atoms with Crippen LogP contribution < -0.4 is 0 Å². The fourth-order valence-corrected chi connectivity index (χ4v) is 1.69. The van der Waals surface area contributed by atoms with Crippen molar-refractivity contribution in [1.82, 2.24) is 4.90 Å². The highest BCUT2D eigenvalue weighted by molar-refractivity contribution is 14.1. The number of halogens is 1. The summed E-state index contributed by atoms with van der Waals surface area (Å²) in [6.45, 7) is 2.16. The van der Waals surface area contributed by atoms with Crippen LogP contribution in [-0.2, 0) is 22.9 Å². The quantitative estimate of drug-likeness (QED) is 0.734. The van der Waals surface area contributed by atoms with Gasteiger partial charge in [0.2, 0.25) is 5.91 Å². The highest BCUT2D eigenvalue weighted by Crippen LogP contribution is 2.17. The highest BCUT2D eigenvalue weighted by atomic mass is 127. The van der Waals surface area contributed by atoms with Gasteiger partial charge in [-0.2, -0.15) is 6.72 Å². The van der Waals surface area contributed by atoms with Crippen molar-refractivity contribution in [2.45, 2.75) is 19.8 Å². The Bertz CT molecular complexity index is 281. The monoisotopic (exact) mass is 331 g/mol. The van der Waals surface area contributed by atoms with Gasteiger partial charge in [-0.05, 0) is 6.42 Å². The number of carbonyl (C=O) groups excluding carboxylic acids is 1. The minimum atomic E-state index is -1.77. The predicted molar refractivity (Wildman–Crippen MR) is 59.0 cm³/mol. The molecule has 0 radical (unpaired) electrons. The van der Waals surface area contributed by atoms with Gasteiger partial charge in [-0.25, -0.2) is 0 Å². The Morgan fingerprint density at radius 1 is 1.71 bits per heavy atom. The molecule has 0 aromatic carbocycles. The van der Waals surface area contributed by atoms with Gasteiger partial charge < -0.3 is 9.08 Å². The molecule has 0 spiro atoms. The molecule has 80 valence electrons. The fourth-order valence-electron chi connectivity index (χ4n) is 1.14. The van der Waals surface area contributed by atoms with E-state index in [1.165, 1.54) is 34.8 Å². The lowest BCUT2D eigenvalue weighted by Crippen LogP contribution is -2.27. The van der Waals surface area contributed by atoms with Gasteiger partial charge in [0.15, 0.2) is 0 Å². The summed E-state index contributed by atoms with van der Waals surface area (Å²) in [5.41, 5.74) is 0.